The van der Waals surface area contributed by atoms with Gasteiger partial charge >= 0.3 is 5.97 Å². The van der Waals surface area contributed by atoms with Gasteiger partial charge in [-0.25, -0.2) is 4.98 Å². The fourth-order valence-electron chi connectivity index (χ4n) is 2.65. The normalized spacial score (nSPS) is 21.6. The summed E-state index contributed by atoms with van der Waals surface area (Å²) in [4.78, 5) is 28.7. The predicted octanol–water partition coefficient (Wildman–Crippen LogP) is 1.84. The number of carbonyl (C=O) groups excluding carboxylic acids is 1. The van der Waals surface area contributed by atoms with Gasteiger partial charge in [0.15, 0.2) is 0 Å². The number of hydrogen-bond donors (Lipinski definition) is 2. The van der Waals surface area contributed by atoms with Gasteiger partial charge in [0, 0.05) is 26.3 Å². The molecular formula is C15H21N3O3. The molecule has 1 fully saturated rings. The summed E-state index contributed by atoms with van der Waals surface area (Å²) in [5, 5.41) is 12.4. The number of amides is 1. The molecule has 0 spiro atoms. The van der Waals surface area contributed by atoms with E-state index in [9.17, 15) is 14.7 Å². The van der Waals surface area contributed by atoms with E-state index in [4.69, 9.17) is 0 Å². The molecule has 0 bridgehead atoms. The smallest absolute Gasteiger partial charge is 0.308 e. The number of aromatic nitrogens is 1. The topological polar surface area (TPSA) is 82.5 Å². The first-order valence-electron chi connectivity index (χ1n) is 7.16. The number of carboxylic acids is 1. The van der Waals surface area contributed by atoms with Crippen molar-refractivity contribution in [3.63, 3.8) is 0 Å². The maximum atomic E-state index is 11.8. The van der Waals surface area contributed by atoms with Crippen molar-refractivity contribution < 1.29 is 14.7 Å². The molecule has 1 aromatic heterocycles. The lowest BCUT2D eigenvalue weighted by molar-refractivity contribution is -0.143. The zero-order valence-electron chi connectivity index (χ0n) is 12.4. The van der Waals surface area contributed by atoms with Crippen molar-refractivity contribution in [3.05, 3.63) is 23.9 Å². The Morgan fingerprint density at radius 2 is 2.00 bits per heavy atom. The van der Waals surface area contributed by atoms with Gasteiger partial charge in [-0.2, -0.15) is 0 Å². The van der Waals surface area contributed by atoms with Crippen molar-refractivity contribution in [2.45, 2.75) is 31.7 Å². The van der Waals surface area contributed by atoms with Gasteiger partial charge in [-0.3, -0.25) is 9.59 Å². The molecule has 21 heavy (non-hydrogen) atoms. The minimum Gasteiger partial charge on any atom is -0.481 e. The molecule has 1 heterocycles. The second-order valence-corrected chi connectivity index (χ2v) is 5.61. The van der Waals surface area contributed by atoms with Gasteiger partial charge in [0.05, 0.1) is 11.5 Å². The van der Waals surface area contributed by atoms with Crippen LogP contribution in [0.1, 0.15) is 36.0 Å². The Hall–Kier alpha value is -2.11. The van der Waals surface area contributed by atoms with Crippen LogP contribution in [0, 0.1) is 5.92 Å². The van der Waals surface area contributed by atoms with Crippen molar-refractivity contribution in [2.24, 2.45) is 5.92 Å². The van der Waals surface area contributed by atoms with Crippen molar-refractivity contribution in [2.75, 3.05) is 19.4 Å². The molecule has 1 amide bonds. The molecule has 2 rings (SSSR count). The summed E-state index contributed by atoms with van der Waals surface area (Å²) >= 11 is 0. The summed E-state index contributed by atoms with van der Waals surface area (Å²) < 4.78 is 0. The Labute approximate surface area is 124 Å². The molecule has 1 aliphatic carbocycles. The quantitative estimate of drug-likeness (QED) is 0.884. The van der Waals surface area contributed by atoms with E-state index in [1.165, 1.54) is 11.1 Å². The van der Waals surface area contributed by atoms with Gasteiger partial charge in [0.1, 0.15) is 5.82 Å². The Balaban J connectivity index is 2.05. The summed E-state index contributed by atoms with van der Waals surface area (Å²) in [6, 6.07) is 3.33. The lowest BCUT2D eigenvalue weighted by Gasteiger charge is -2.29. The highest BCUT2D eigenvalue weighted by molar-refractivity contribution is 5.93. The van der Waals surface area contributed by atoms with E-state index < -0.39 is 5.97 Å². The third-order valence-corrected chi connectivity index (χ3v) is 3.83. The first-order valence-corrected chi connectivity index (χ1v) is 7.16. The van der Waals surface area contributed by atoms with Crippen molar-refractivity contribution in [1.29, 1.82) is 0 Å². The van der Waals surface area contributed by atoms with Crippen LogP contribution in [0.5, 0.6) is 0 Å². The van der Waals surface area contributed by atoms with Gasteiger partial charge in [-0.1, -0.05) is 12.8 Å². The van der Waals surface area contributed by atoms with Crippen LogP contribution in [-0.4, -0.2) is 47.0 Å². The second kappa shape index (κ2) is 6.56. The van der Waals surface area contributed by atoms with Gasteiger partial charge in [0.25, 0.3) is 5.91 Å². The molecule has 1 aliphatic rings. The maximum absolute atomic E-state index is 11.8. The van der Waals surface area contributed by atoms with Crippen molar-refractivity contribution in [1.82, 2.24) is 9.88 Å². The first kappa shape index (κ1) is 15.3. The molecule has 114 valence electrons. The van der Waals surface area contributed by atoms with Gasteiger partial charge < -0.3 is 15.3 Å². The average molecular weight is 291 g/mol. The standard InChI is InChI=1S/C15H21N3O3/c1-18(2)14(19)10-7-8-13(16-9-10)17-12-6-4-3-5-11(12)15(20)21/h7-9,11-12H,3-6H2,1-2H3,(H,16,17)(H,20,21). The zero-order valence-corrected chi connectivity index (χ0v) is 12.4. The minimum absolute atomic E-state index is 0.0980. The SMILES string of the molecule is CN(C)C(=O)c1ccc(NC2CCCCC2C(=O)O)nc1. The number of aliphatic carboxylic acids is 1. The molecule has 1 aromatic rings. The number of carbonyl (C=O) groups is 2. The average Bonchev–Trinajstić information content (AvgIpc) is 2.47. The third kappa shape index (κ3) is 3.71. The highest BCUT2D eigenvalue weighted by Gasteiger charge is 2.30. The molecule has 6 nitrogen and oxygen atoms in total. The number of hydrogen-bond acceptors (Lipinski definition) is 4. The van der Waals surface area contributed by atoms with E-state index in [0.717, 1.165) is 19.3 Å². The number of pyridine rings is 1. The Morgan fingerprint density at radius 1 is 1.29 bits per heavy atom. The molecule has 0 saturated heterocycles. The van der Waals surface area contributed by atoms with E-state index in [1.807, 2.05) is 0 Å². The van der Waals surface area contributed by atoms with Crippen LogP contribution in [0.4, 0.5) is 5.82 Å². The first-order chi connectivity index (χ1) is 9.99. The summed E-state index contributed by atoms with van der Waals surface area (Å²) in [6.07, 6.45) is 5.03. The summed E-state index contributed by atoms with van der Waals surface area (Å²) in [5.74, 6) is -0.617. The largest absolute Gasteiger partial charge is 0.481 e. The summed E-state index contributed by atoms with van der Waals surface area (Å²) in [6.45, 7) is 0. The number of anilines is 1. The van der Waals surface area contributed by atoms with Crippen LogP contribution >= 0.6 is 0 Å². The minimum atomic E-state index is -0.758. The Kier molecular flexibility index (Phi) is 4.77. The molecule has 6 heteroatoms. The highest BCUT2D eigenvalue weighted by Crippen LogP contribution is 2.27. The highest BCUT2D eigenvalue weighted by atomic mass is 16.4. The number of carboxylic acid groups (broad SMARTS) is 1. The van der Waals surface area contributed by atoms with Crippen molar-refractivity contribution >= 4 is 17.7 Å². The fraction of sp³-hybridized carbons (Fsp3) is 0.533. The van der Waals surface area contributed by atoms with E-state index in [0.29, 0.717) is 17.8 Å². The third-order valence-electron chi connectivity index (χ3n) is 3.83. The zero-order chi connectivity index (χ0) is 15.4. The molecule has 2 unspecified atom stereocenters. The number of nitrogens with zero attached hydrogens (tertiary/aromatic N) is 2. The number of nitrogens with one attached hydrogen (secondary N) is 1. The van der Waals surface area contributed by atoms with Gasteiger partial charge in [-0.05, 0) is 25.0 Å². The van der Waals surface area contributed by atoms with Gasteiger partial charge in [0.2, 0.25) is 0 Å². The second-order valence-electron chi connectivity index (χ2n) is 5.61. The lowest BCUT2D eigenvalue weighted by atomic mass is 9.84. The predicted molar refractivity (Wildman–Crippen MR) is 79.3 cm³/mol. The number of rotatable bonds is 4. The Bertz CT molecular complexity index is 513. The van der Waals surface area contributed by atoms with Crippen LogP contribution in [-0.2, 0) is 4.79 Å². The summed E-state index contributed by atoms with van der Waals surface area (Å²) in [5.41, 5.74) is 0.518. The molecular weight excluding hydrogens is 270 g/mol. The molecule has 0 radical (unpaired) electrons. The van der Waals surface area contributed by atoms with Crippen LogP contribution < -0.4 is 5.32 Å². The lowest BCUT2D eigenvalue weighted by Crippen LogP contribution is -2.37. The maximum Gasteiger partial charge on any atom is 0.308 e. The monoisotopic (exact) mass is 291 g/mol. The Morgan fingerprint density at radius 3 is 2.57 bits per heavy atom. The van der Waals surface area contributed by atoms with E-state index in [2.05, 4.69) is 10.3 Å². The van der Waals surface area contributed by atoms with E-state index in [-0.39, 0.29) is 17.9 Å². The van der Waals surface area contributed by atoms with Crippen molar-refractivity contribution in [3.8, 4) is 0 Å². The van der Waals surface area contributed by atoms with Crippen LogP contribution in [0.25, 0.3) is 0 Å². The molecule has 0 aromatic carbocycles. The molecule has 0 aliphatic heterocycles. The van der Waals surface area contributed by atoms with Crippen LogP contribution in [0.3, 0.4) is 0 Å². The fourth-order valence-corrected chi connectivity index (χ4v) is 2.65. The molecule has 2 N–H and O–H groups in total. The van der Waals surface area contributed by atoms with Crippen LogP contribution in [0.15, 0.2) is 18.3 Å². The van der Waals surface area contributed by atoms with Gasteiger partial charge in [-0.15, -0.1) is 0 Å². The van der Waals surface area contributed by atoms with E-state index in [1.54, 1.807) is 26.2 Å². The summed E-state index contributed by atoms with van der Waals surface area (Å²) in [7, 11) is 3.38. The van der Waals surface area contributed by atoms with Crippen LogP contribution in [0.2, 0.25) is 0 Å². The van der Waals surface area contributed by atoms with E-state index >= 15 is 0 Å². The molecule has 2 atom stereocenters. The molecule has 1 saturated carbocycles.